The molecule has 2 heterocycles. The quantitative estimate of drug-likeness (QED) is 0.898. The summed E-state index contributed by atoms with van der Waals surface area (Å²) >= 11 is 0. The lowest BCUT2D eigenvalue weighted by atomic mass is 9.91. The molecule has 4 rings (SSSR count). The molecule has 4 heteroatoms. The largest absolute Gasteiger partial charge is 0.335 e. The molecule has 2 unspecified atom stereocenters. The van der Waals surface area contributed by atoms with Crippen LogP contribution in [0.1, 0.15) is 49.3 Å². The summed E-state index contributed by atoms with van der Waals surface area (Å²) in [4.78, 5) is 15.2. The third-order valence-electron chi connectivity index (χ3n) is 6.09. The number of nitrogens with zero attached hydrogens (tertiary/aromatic N) is 1. The molecule has 23 heavy (non-hydrogen) atoms. The normalized spacial score (nSPS) is 28.5. The van der Waals surface area contributed by atoms with Crippen LogP contribution in [0, 0.1) is 18.3 Å². The van der Waals surface area contributed by atoms with E-state index in [0.29, 0.717) is 23.3 Å². The van der Waals surface area contributed by atoms with Crippen molar-refractivity contribution in [2.75, 3.05) is 19.6 Å². The van der Waals surface area contributed by atoms with Gasteiger partial charge in [0.05, 0.1) is 6.04 Å². The number of likely N-dealkylation sites (tertiary alicyclic amines) is 1. The van der Waals surface area contributed by atoms with E-state index in [1.165, 1.54) is 24.0 Å². The van der Waals surface area contributed by atoms with Crippen LogP contribution in [0.3, 0.4) is 0 Å². The van der Waals surface area contributed by atoms with E-state index in [-0.39, 0.29) is 12.4 Å². The van der Waals surface area contributed by atoms with Crippen LogP contribution in [0.4, 0.5) is 0 Å². The summed E-state index contributed by atoms with van der Waals surface area (Å²) in [6, 6.07) is 9.06. The summed E-state index contributed by atoms with van der Waals surface area (Å²) in [5, 5.41) is 3.42. The average molecular weight is 335 g/mol. The predicted octanol–water partition coefficient (Wildman–Crippen LogP) is 3.47. The summed E-state index contributed by atoms with van der Waals surface area (Å²) in [7, 11) is 0. The molecule has 2 atom stereocenters. The molecular weight excluding hydrogens is 308 g/mol. The SMILES string of the molecule is Cc1ccc(C2CCCN2C(=O)C2CC23CCNCC3)cc1.Cl. The molecular formula is C19H27ClN2O. The Morgan fingerprint density at radius 1 is 1.22 bits per heavy atom. The van der Waals surface area contributed by atoms with Crippen molar-refractivity contribution in [2.45, 2.75) is 45.1 Å². The van der Waals surface area contributed by atoms with Crippen molar-refractivity contribution in [3.05, 3.63) is 35.4 Å². The second-order valence-corrected chi connectivity index (χ2v) is 7.47. The first-order chi connectivity index (χ1) is 10.7. The third kappa shape index (κ3) is 3.01. The molecule has 1 aromatic rings. The predicted molar refractivity (Wildman–Crippen MR) is 94.8 cm³/mol. The maximum Gasteiger partial charge on any atom is 0.226 e. The zero-order chi connectivity index (χ0) is 15.2. The number of halogens is 1. The van der Waals surface area contributed by atoms with Gasteiger partial charge in [-0.3, -0.25) is 4.79 Å². The zero-order valence-electron chi connectivity index (χ0n) is 13.9. The van der Waals surface area contributed by atoms with Crippen LogP contribution in [-0.4, -0.2) is 30.4 Å². The fraction of sp³-hybridized carbons (Fsp3) is 0.632. The number of hydrogen-bond donors (Lipinski definition) is 1. The number of hydrogen-bond acceptors (Lipinski definition) is 2. The fourth-order valence-electron chi connectivity index (χ4n) is 4.54. The molecule has 0 bridgehead atoms. The van der Waals surface area contributed by atoms with E-state index in [1.54, 1.807) is 0 Å². The van der Waals surface area contributed by atoms with E-state index in [1.807, 2.05) is 0 Å². The van der Waals surface area contributed by atoms with E-state index in [2.05, 4.69) is 41.4 Å². The number of carbonyl (C=O) groups is 1. The smallest absolute Gasteiger partial charge is 0.226 e. The Bertz CT molecular complexity index is 565. The molecule has 3 fully saturated rings. The number of aryl methyl sites for hydroxylation is 1. The van der Waals surface area contributed by atoms with Crippen LogP contribution in [0.2, 0.25) is 0 Å². The van der Waals surface area contributed by atoms with E-state index >= 15 is 0 Å². The summed E-state index contributed by atoms with van der Waals surface area (Å²) in [6.07, 6.45) is 5.77. The molecule has 2 saturated heterocycles. The van der Waals surface area contributed by atoms with Crippen molar-refractivity contribution < 1.29 is 4.79 Å². The number of benzene rings is 1. The van der Waals surface area contributed by atoms with Crippen LogP contribution in [0.5, 0.6) is 0 Å². The van der Waals surface area contributed by atoms with Gasteiger partial charge in [-0.15, -0.1) is 12.4 Å². The number of amides is 1. The van der Waals surface area contributed by atoms with Gasteiger partial charge in [-0.1, -0.05) is 29.8 Å². The van der Waals surface area contributed by atoms with Gasteiger partial charge in [0.2, 0.25) is 5.91 Å². The van der Waals surface area contributed by atoms with Crippen LogP contribution in [0.15, 0.2) is 24.3 Å². The van der Waals surface area contributed by atoms with Crippen LogP contribution in [-0.2, 0) is 4.79 Å². The van der Waals surface area contributed by atoms with Gasteiger partial charge >= 0.3 is 0 Å². The molecule has 1 aromatic carbocycles. The van der Waals surface area contributed by atoms with E-state index < -0.39 is 0 Å². The Labute approximate surface area is 145 Å². The summed E-state index contributed by atoms with van der Waals surface area (Å²) in [6.45, 7) is 5.24. The monoisotopic (exact) mass is 334 g/mol. The second kappa shape index (κ2) is 6.45. The minimum absolute atomic E-state index is 0. The minimum Gasteiger partial charge on any atom is -0.335 e. The summed E-state index contributed by atoms with van der Waals surface area (Å²) in [5.41, 5.74) is 2.95. The molecule has 1 saturated carbocycles. The van der Waals surface area contributed by atoms with Gasteiger partial charge in [0.1, 0.15) is 0 Å². The van der Waals surface area contributed by atoms with Gasteiger partial charge in [-0.25, -0.2) is 0 Å². The average Bonchev–Trinajstić information content (AvgIpc) is 3.00. The van der Waals surface area contributed by atoms with Crippen molar-refractivity contribution in [3.8, 4) is 0 Å². The van der Waals surface area contributed by atoms with Gasteiger partial charge in [0.25, 0.3) is 0 Å². The zero-order valence-corrected chi connectivity index (χ0v) is 14.7. The minimum atomic E-state index is 0. The number of rotatable bonds is 2. The van der Waals surface area contributed by atoms with Gasteiger partial charge in [-0.2, -0.15) is 0 Å². The second-order valence-electron chi connectivity index (χ2n) is 7.47. The highest BCUT2D eigenvalue weighted by Gasteiger charge is 2.59. The molecule has 1 spiro atoms. The summed E-state index contributed by atoms with van der Waals surface area (Å²) in [5.74, 6) is 0.741. The van der Waals surface area contributed by atoms with Crippen LogP contribution < -0.4 is 5.32 Å². The van der Waals surface area contributed by atoms with Gasteiger partial charge in [0.15, 0.2) is 0 Å². The third-order valence-corrected chi connectivity index (χ3v) is 6.09. The molecule has 126 valence electrons. The molecule has 0 aromatic heterocycles. The Morgan fingerprint density at radius 2 is 1.91 bits per heavy atom. The number of piperidine rings is 1. The highest BCUT2D eigenvalue weighted by molar-refractivity contribution is 5.85. The van der Waals surface area contributed by atoms with Crippen LogP contribution >= 0.6 is 12.4 Å². The highest BCUT2D eigenvalue weighted by atomic mass is 35.5. The van der Waals surface area contributed by atoms with E-state index in [9.17, 15) is 4.79 Å². The Morgan fingerprint density at radius 3 is 2.61 bits per heavy atom. The van der Waals surface area contributed by atoms with E-state index in [4.69, 9.17) is 0 Å². The van der Waals surface area contributed by atoms with Gasteiger partial charge in [-0.05, 0) is 63.1 Å². The molecule has 3 aliphatic rings. The molecule has 2 aliphatic heterocycles. The Kier molecular flexibility index (Phi) is 4.70. The number of carbonyl (C=O) groups excluding carboxylic acids is 1. The molecule has 1 aliphatic carbocycles. The maximum atomic E-state index is 13.0. The van der Waals surface area contributed by atoms with E-state index in [0.717, 1.165) is 38.9 Å². The first-order valence-corrected chi connectivity index (χ1v) is 8.77. The standard InChI is InChI=1S/C19H26N2O.ClH/c1-14-4-6-15(7-5-14)17-3-2-12-21(17)18(22)16-13-19(16)8-10-20-11-9-19;/h4-7,16-17,20H,2-3,8-13H2,1H3;1H. The summed E-state index contributed by atoms with van der Waals surface area (Å²) < 4.78 is 0. The molecule has 1 amide bonds. The lowest BCUT2D eigenvalue weighted by Gasteiger charge is -2.28. The van der Waals surface area contributed by atoms with Crippen LogP contribution in [0.25, 0.3) is 0 Å². The lowest BCUT2D eigenvalue weighted by Crippen LogP contribution is -2.36. The molecule has 3 nitrogen and oxygen atoms in total. The maximum absolute atomic E-state index is 13.0. The van der Waals surface area contributed by atoms with Gasteiger partial charge < -0.3 is 10.2 Å². The Hall–Kier alpha value is -1.06. The van der Waals surface area contributed by atoms with Crippen molar-refractivity contribution in [1.29, 1.82) is 0 Å². The first-order valence-electron chi connectivity index (χ1n) is 8.77. The fourth-order valence-corrected chi connectivity index (χ4v) is 4.54. The highest BCUT2D eigenvalue weighted by Crippen LogP contribution is 2.59. The number of nitrogens with one attached hydrogen (secondary N) is 1. The molecule has 0 radical (unpaired) electrons. The topological polar surface area (TPSA) is 32.3 Å². The van der Waals surface area contributed by atoms with Crippen molar-refractivity contribution in [3.63, 3.8) is 0 Å². The lowest BCUT2D eigenvalue weighted by molar-refractivity contribution is -0.134. The van der Waals surface area contributed by atoms with Gasteiger partial charge in [0, 0.05) is 12.5 Å². The van der Waals surface area contributed by atoms with Crippen molar-refractivity contribution in [1.82, 2.24) is 10.2 Å². The Balaban J connectivity index is 0.00000156. The van der Waals surface area contributed by atoms with Crippen molar-refractivity contribution >= 4 is 18.3 Å². The van der Waals surface area contributed by atoms with Crippen molar-refractivity contribution in [2.24, 2.45) is 11.3 Å². The first kappa shape index (κ1) is 16.8. The molecule has 1 N–H and O–H groups in total.